The van der Waals surface area contributed by atoms with Crippen molar-refractivity contribution in [2.75, 3.05) is 0 Å². The average molecular weight is 334 g/mol. The van der Waals surface area contributed by atoms with Gasteiger partial charge in [-0.1, -0.05) is 12.1 Å². The molecule has 108 valence electrons. The molecule has 3 rings (SSSR count). The average Bonchev–Trinajstić information content (AvgIpc) is 3.18. The fourth-order valence-electron chi connectivity index (χ4n) is 1.80. The van der Waals surface area contributed by atoms with Crippen LogP contribution in [0.2, 0.25) is 0 Å². The van der Waals surface area contributed by atoms with Crippen LogP contribution in [0.1, 0.15) is 18.7 Å². The summed E-state index contributed by atoms with van der Waals surface area (Å²) in [5, 5.41) is 10.9. The van der Waals surface area contributed by atoms with E-state index < -0.39 is 0 Å². The smallest absolute Gasteiger partial charge is 0.206 e. The van der Waals surface area contributed by atoms with Crippen molar-refractivity contribution in [3.05, 3.63) is 50.1 Å². The van der Waals surface area contributed by atoms with Gasteiger partial charge in [-0.25, -0.2) is 4.68 Å². The number of hydrogen-bond donors (Lipinski definition) is 0. The zero-order valence-corrected chi connectivity index (χ0v) is 14.2. The first-order chi connectivity index (χ1) is 10.2. The van der Waals surface area contributed by atoms with Gasteiger partial charge in [-0.3, -0.25) is 4.99 Å². The first-order valence-corrected chi connectivity index (χ1v) is 9.24. The number of hydrogen-bond acceptors (Lipinski definition) is 5. The van der Waals surface area contributed by atoms with Gasteiger partial charge in [-0.2, -0.15) is 5.10 Å². The summed E-state index contributed by atoms with van der Waals surface area (Å²) in [6.07, 6.45) is 1.90. The van der Waals surface area contributed by atoms with Gasteiger partial charge in [-0.15, -0.1) is 34.0 Å². The van der Waals surface area contributed by atoms with Crippen LogP contribution in [0.3, 0.4) is 0 Å². The van der Waals surface area contributed by atoms with Crippen LogP contribution in [0.4, 0.5) is 0 Å². The molecule has 0 aliphatic carbocycles. The lowest BCUT2D eigenvalue weighted by Gasteiger charge is -2.01. The molecule has 0 bridgehead atoms. The minimum atomic E-state index is 0.253. The van der Waals surface area contributed by atoms with E-state index in [1.165, 1.54) is 4.88 Å². The van der Waals surface area contributed by atoms with Crippen molar-refractivity contribution < 1.29 is 0 Å². The summed E-state index contributed by atoms with van der Waals surface area (Å²) >= 11 is 5.03. The molecule has 0 spiro atoms. The molecule has 3 aromatic rings. The zero-order valence-electron chi connectivity index (χ0n) is 11.8. The molecule has 0 aliphatic heterocycles. The van der Waals surface area contributed by atoms with Crippen LogP contribution >= 0.6 is 34.0 Å². The summed E-state index contributed by atoms with van der Waals surface area (Å²) in [5.41, 5.74) is 1.10. The van der Waals surface area contributed by atoms with Gasteiger partial charge in [0.15, 0.2) is 0 Å². The Bertz CT molecular complexity index is 775. The fourth-order valence-corrected chi connectivity index (χ4v) is 4.14. The Morgan fingerprint density at radius 1 is 1.10 bits per heavy atom. The molecule has 3 heterocycles. The van der Waals surface area contributed by atoms with Crippen LogP contribution in [-0.4, -0.2) is 16.9 Å². The lowest BCUT2D eigenvalue weighted by molar-refractivity contribution is 0.755. The summed E-state index contributed by atoms with van der Waals surface area (Å²) in [6, 6.07) is 8.52. The molecule has 0 aliphatic rings. The maximum Gasteiger partial charge on any atom is 0.206 e. The van der Waals surface area contributed by atoms with Gasteiger partial charge in [-0.05, 0) is 36.7 Å². The summed E-state index contributed by atoms with van der Waals surface area (Å²) in [4.78, 5) is 7.95. The first kappa shape index (κ1) is 14.4. The predicted molar refractivity (Wildman–Crippen MR) is 93.6 cm³/mol. The molecule has 0 unspecified atom stereocenters. The normalized spacial score (nSPS) is 12.8. The number of aromatic nitrogens is 1. The highest BCUT2D eigenvalue weighted by Gasteiger charge is 2.08. The van der Waals surface area contributed by atoms with Crippen LogP contribution in [0.5, 0.6) is 0 Å². The van der Waals surface area contributed by atoms with Crippen molar-refractivity contribution in [2.24, 2.45) is 10.1 Å². The molecule has 21 heavy (non-hydrogen) atoms. The van der Waals surface area contributed by atoms with Gasteiger partial charge in [0.05, 0.1) is 16.8 Å². The van der Waals surface area contributed by atoms with E-state index in [9.17, 15) is 0 Å². The summed E-state index contributed by atoms with van der Waals surface area (Å²) in [6.45, 7) is 4.16. The van der Waals surface area contributed by atoms with E-state index in [-0.39, 0.29) is 6.04 Å². The van der Waals surface area contributed by atoms with Crippen LogP contribution in [0.15, 0.2) is 50.5 Å². The zero-order chi connectivity index (χ0) is 14.7. The van der Waals surface area contributed by atoms with Crippen molar-refractivity contribution in [3.63, 3.8) is 0 Å². The molecular weight excluding hydrogens is 318 g/mol. The van der Waals surface area contributed by atoms with E-state index in [0.717, 1.165) is 15.4 Å². The standard InChI is InChI=1S/C15H15N3S3/c1-11(2)17-15-18(16-9-12-5-3-7-19-12)13(10-21-15)14-6-4-8-20-14/h3-11H,1-2H3. The van der Waals surface area contributed by atoms with Crippen molar-refractivity contribution in [3.8, 4) is 10.6 Å². The maximum atomic E-state index is 4.67. The quantitative estimate of drug-likeness (QED) is 0.628. The highest BCUT2D eigenvalue weighted by atomic mass is 32.1. The second-order valence-corrected chi connectivity index (χ2v) is 7.44. The van der Waals surface area contributed by atoms with Crippen molar-refractivity contribution >= 4 is 40.2 Å². The Morgan fingerprint density at radius 2 is 1.90 bits per heavy atom. The second-order valence-electron chi connectivity index (χ2n) is 4.68. The van der Waals surface area contributed by atoms with E-state index in [0.29, 0.717) is 0 Å². The van der Waals surface area contributed by atoms with Gasteiger partial charge >= 0.3 is 0 Å². The third-order valence-corrected chi connectivity index (χ3v) is 5.20. The van der Waals surface area contributed by atoms with E-state index in [4.69, 9.17) is 0 Å². The highest BCUT2D eigenvalue weighted by molar-refractivity contribution is 7.14. The van der Waals surface area contributed by atoms with Gasteiger partial charge in [0, 0.05) is 16.3 Å². The Hall–Kier alpha value is -1.50. The Labute approximate surface area is 135 Å². The third-order valence-electron chi connectivity index (χ3n) is 2.67. The van der Waals surface area contributed by atoms with Crippen LogP contribution < -0.4 is 4.80 Å². The first-order valence-electron chi connectivity index (χ1n) is 6.60. The monoisotopic (exact) mass is 333 g/mol. The molecular formula is C15H15N3S3. The Kier molecular flexibility index (Phi) is 4.48. The van der Waals surface area contributed by atoms with E-state index in [1.807, 2.05) is 17.0 Å². The molecule has 0 fully saturated rings. The van der Waals surface area contributed by atoms with Crippen molar-refractivity contribution in [2.45, 2.75) is 19.9 Å². The van der Waals surface area contributed by atoms with Crippen molar-refractivity contribution in [1.29, 1.82) is 0 Å². The summed E-state index contributed by atoms with van der Waals surface area (Å²) in [7, 11) is 0. The summed E-state index contributed by atoms with van der Waals surface area (Å²) < 4.78 is 1.94. The number of thiazole rings is 1. The minimum Gasteiger partial charge on any atom is -0.255 e. The van der Waals surface area contributed by atoms with Crippen LogP contribution in [-0.2, 0) is 0 Å². The van der Waals surface area contributed by atoms with Crippen LogP contribution in [0.25, 0.3) is 10.6 Å². The SMILES string of the molecule is CC(C)N=c1scc(-c2cccs2)n1N=Cc1cccs1. The molecule has 0 N–H and O–H groups in total. The fraction of sp³-hybridized carbons (Fsp3) is 0.200. The molecule has 0 radical (unpaired) electrons. The number of thiophene rings is 2. The van der Waals surface area contributed by atoms with Gasteiger partial charge < -0.3 is 0 Å². The lowest BCUT2D eigenvalue weighted by Crippen LogP contribution is -2.14. The molecule has 0 saturated heterocycles. The van der Waals surface area contributed by atoms with Gasteiger partial charge in [0.2, 0.25) is 4.80 Å². The van der Waals surface area contributed by atoms with Crippen molar-refractivity contribution in [1.82, 2.24) is 4.68 Å². The number of nitrogens with zero attached hydrogens (tertiary/aromatic N) is 3. The molecule has 0 amide bonds. The largest absolute Gasteiger partial charge is 0.255 e. The third kappa shape index (κ3) is 3.40. The molecule has 0 saturated carbocycles. The molecule has 3 aromatic heterocycles. The maximum absolute atomic E-state index is 4.67. The molecule has 0 atom stereocenters. The Balaban J connectivity index is 2.08. The van der Waals surface area contributed by atoms with Gasteiger partial charge in [0.1, 0.15) is 0 Å². The Morgan fingerprint density at radius 3 is 2.57 bits per heavy atom. The molecule has 3 nitrogen and oxygen atoms in total. The molecule has 0 aromatic carbocycles. The van der Waals surface area contributed by atoms with E-state index in [2.05, 4.69) is 58.3 Å². The molecule has 6 heteroatoms. The topological polar surface area (TPSA) is 29.6 Å². The number of rotatable bonds is 4. The highest BCUT2D eigenvalue weighted by Crippen LogP contribution is 2.25. The van der Waals surface area contributed by atoms with Crippen LogP contribution in [0, 0.1) is 0 Å². The minimum absolute atomic E-state index is 0.253. The van der Waals surface area contributed by atoms with E-state index in [1.54, 1.807) is 34.0 Å². The predicted octanol–water partition coefficient (Wildman–Crippen LogP) is 4.53. The van der Waals surface area contributed by atoms with Gasteiger partial charge in [0.25, 0.3) is 0 Å². The second kappa shape index (κ2) is 6.51. The lowest BCUT2D eigenvalue weighted by atomic mass is 10.4. The van der Waals surface area contributed by atoms with E-state index >= 15 is 0 Å². The summed E-state index contributed by atoms with van der Waals surface area (Å²) in [5.74, 6) is 0.